The van der Waals surface area contributed by atoms with Gasteiger partial charge in [0.05, 0.1) is 5.69 Å². The Morgan fingerprint density at radius 3 is 2.88 bits per heavy atom. The average Bonchev–Trinajstić information content (AvgIpc) is 3.34. The molecule has 0 unspecified atom stereocenters. The topological polar surface area (TPSA) is 107 Å². The van der Waals surface area contributed by atoms with Crippen LogP contribution in [0.2, 0.25) is 0 Å². The minimum absolute atomic E-state index is 0.163. The first-order chi connectivity index (χ1) is 15.6. The minimum atomic E-state index is -0.383. The molecule has 1 aliphatic heterocycles. The maximum absolute atomic E-state index is 14.9. The highest BCUT2D eigenvalue weighted by Gasteiger charge is 2.19. The number of thiazole rings is 1. The first kappa shape index (κ1) is 21.4. The van der Waals surface area contributed by atoms with E-state index in [1.165, 1.54) is 18.4 Å². The van der Waals surface area contributed by atoms with Gasteiger partial charge in [-0.1, -0.05) is 11.6 Å². The summed E-state index contributed by atoms with van der Waals surface area (Å²) >= 11 is 1.38. The molecule has 32 heavy (non-hydrogen) atoms. The van der Waals surface area contributed by atoms with Crippen molar-refractivity contribution >= 4 is 33.9 Å². The molecule has 1 amide bonds. The average molecular weight is 450 g/mol. The molecule has 1 aliphatic rings. The van der Waals surface area contributed by atoms with E-state index in [4.69, 9.17) is 0 Å². The third-order valence-corrected chi connectivity index (χ3v) is 5.82. The molecule has 0 saturated heterocycles. The van der Waals surface area contributed by atoms with E-state index < -0.39 is 0 Å². The van der Waals surface area contributed by atoms with Crippen LogP contribution in [-0.2, 0) is 6.42 Å². The highest BCUT2D eigenvalue weighted by molar-refractivity contribution is 7.13. The van der Waals surface area contributed by atoms with Crippen molar-refractivity contribution in [3.8, 4) is 6.07 Å². The SMILES string of the molecule is CNC(=O)c1ccc(N2CC=C(Cc3ccnc(Nc4nccs4)c3F)CC2)c(C#N)n1. The predicted octanol–water partition coefficient (Wildman–Crippen LogP) is 3.43. The van der Waals surface area contributed by atoms with E-state index in [-0.39, 0.29) is 28.9 Å². The monoisotopic (exact) mass is 449 g/mol. The van der Waals surface area contributed by atoms with Crippen LogP contribution in [0.5, 0.6) is 0 Å². The van der Waals surface area contributed by atoms with Gasteiger partial charge in [0, 0.05) is 37.9 Å². The van der Waals surface area contributed by atoms with E-state index in [9.17, 15) is 14.4 Å². The summed E-state index contributed by atoms with van der Waals surface area (Å²) in [5.74, 6) is -0.555. The third kappa shape index (κ3) is 4.58. The normalized spacial score (nSPS) is 13.3. The van der Waals surface area contributed by atoms with Crippen LogP contribution in [0.25, 0.3) is 0 Å². The number of carbonyl (C=O) groups excluding carboxylic acids is 1. The lowest BCUT2D eigenvalue weighted by atomic mass is 9.99. The zero-order valence-corrected chi connectivity index (χ0v) is 18.1. The molecule has 3 aromatic rings. The molecule has 0 bridgehead atoms. The number of carbonyl (C=O) groups is 1. The molecule has 0 aromatic carbocycles. The van der Waals surface area contributed by atoms with Crippen LogP contribution in [0.3, 0.4) is 0 Å². The number of anilines is 3. The molecule has 0 fully saturated rings. The Morgan fingerprint density at radius 2 is 2.19 bits per heavy atom. The quantitative estimate of drug-likeness (QED) is 0.555. The van der Waals surface area contributed by atoms with Crippen LogP contribution in [0.1, 0.15) is 28.2 Å². The van der Waals surface area contributed by atoms with Crippen LogP contribution in [-0.4, -0.2) is 41.0 Å². The smallest absolute Gasteiger partial charge is 0.269 e. The molecule has 4 rings (SSSR count). The van der Waals surface area contributed by atoms with Crippen LogP contribution in [0.15, 0.2) is 47.6 Å². The summed E-state index contributed by atoms with van der Waals surface area (Å²) in [6, 6.07) is 7.11. The Labute approximate surface area is 188 Å². The van der Waals surface area contributed by atoms with Crippen molar-refractivity contribution in [3.05, 3.63) is 70.4 Å². The Bertz CT molecular complexity index is 1200. The zero-order chi connectivity index (χ0) is 22.5. The fourth-order valence-electron chi connectivity index (χ4n) is 3.47. The molecule has 8 nitrogen and oxygen atoms in total. The summed E-state index contributed by atoms with van der Waals surface area (Å²) < 4.78 is 14.9. The Morgan fingerprint density at radius 1 is 1.31 bits per heavy atom. The summed E-state index contributed by atoms with van der Waals surface area (Å²) in [6.45, 7) is 1.24. The van der Waals surface area contributed by atoms with Crippen LogP contribution >= 0.6 is 11.3 Å². The van der Waals surface area contributed by atoms with Gasteiger partial charge in [-0.2, -0.15) is 5.26 Å². The zero-order valence-electron chi connectivity index (χ0n) is 17.3. The van der Waals surface area contributed by atoms with Gasteiger partial charge in [0.25, 0.3) is 5.91 Å². The second kappa shape index (κ2) is 9.53. The van der Waals surface area contributed by atoms with Gasteiger partial charge in [0.1, 0.15) is 11.8 Å². The number of halogens is 1. The summed E-state index contributed by atoms with van der Waals surface area (Å²) in [7, 11) is 1.52. The van der Waals surface area contributed by atoms with Crippen LogP contribution in [0, 0.1) is 17.1 Å². The standard InChI is InChI=1S/C22H20FN7OS/c1-25-21(31)16-2-3-18(17(13-24)28-16)30-9-5-14(6-10-30)12-15-4-7-26-20(19(15)23)29-22-27-8-11-32-22/h2-5,7-8,11H,6,9-10,12H2,1H3,(H,25,31)(H,26,27,29). The minimum Gasteiger partial charge on any atom is -0.365 e. The van der Waals surface area contributed by atoms with Gasteiger partial charge < -0.3 is 15.5 Å². The summed E-state index contributed by atoms with van der Waals surface area (Å²) in [6.07, 6.45) is 6.48. The molecule has 0 saturated carbocycles. The Hall–Kier alpha value is -3.84. The fraction of sp³-hybridized carbons (Fsp3) is 0.227. The highest BCUT2D eigenvalue weighted by Crippen LogP contribution is 2.27. The molecular formula is C22H20FN7OS. The molecular weight excluding hydrogens is 429 g/mol. The van der Waals surface area contributed by atoms with E-state index in [0.717, 1.165) is 12.0 Å². The third-order valence-electron chi connectivity index (χ3n) is 5.13. The molecule has 2 N–H and O–H groups in total. The lowest BCUT2D eigenvalue weighted by molar-refractivity contribution is 0.0958. The highest BCUT2D eigenvalue weighted by atomic mass is 32.1. The number of amides is 1. The number of nitrogens with one attached hydrogen (secondary N) is 2. The number of nitriles is 1. The van der Waals surface area contributed by atoms with Crippen molar-refractivity contribution in [2.45, 2.75) is 12.8 Å². The van der Waals surface area contributed by atoms with Crippen molar-refractivity contribution in [2.24, 2.45) is 0 Å². The van der Waals surface area contributed by atoms with Gasteiger partial charge in [0.2, 0.25) is 0 Å². The first-order valence-corrected chi connectivity index (χ1v) is 10.8. The Balaban J connectivity index is 1.47. The lowest BCUT2D eigenvalue weighted by Gasteiger charge is -2.29. The number of nitrogens with zero attached hydrogens (tertiary/aromatic N) is 5. The second-order valence-electron chi connectivity index (χ2n) is 7.09. The molecule has 3 aromatic heterocycles. The van der Waals surface area contributed by atoms with Crippen molar-refractivity contribution in [2.75, 3.05) is 30.4 Å². The van der Waals surface area contributed by atoms with Gasteiger partial charge in [-0.3, -0.25) is 4.79 Å². The summed E-state index contributed by atoms with van der Waals surface area (Å²) in [4.78, 5) is 26.2. The lowest BCUT2D eigenvalue weighted by Crippen LogP contribution is -2.30. The summed E-state index contributed by atoms with van der Waals surface area (Å²) in [5, 5.41) is 17.3. The molecule has 0 aliphatic carbocycles. The van der Waals surface area contributed by atoms with Gasteiger partial charge in [-0.15, -0.1) is 11.3 Å². The van der Waals surface area contributed by atoms with Gasteiger partial charge in [-0.05, 0) is 36.6 Å². The van der Waals surface area contributed by atoms with E-state index in [2.05, 4.69) is 31.7 Å². The fourth-order valence-corrected chi connectivity index (χ4v) is 4.00. The van der Waals surface area contributed by atoms with Gasteiger partial charge in [0.15, 0.2) is 22.5 Å². The van der Waals surface area contributed by atoms with Crippen LogP contribution < -0.4 is 15.5 Å². The van der Waals surface area contributed by atoms with Crippen molar-refractivity contribution in [1.82, 2.24) is 20.3 Å². The van der Waals surface area contributed by atoms with E-state index in [0.29, 0.717) is 35.9 Å². The van der Waals surface area contributed by atoms with Crippen molar-refractivity contribution in [3.63, 3.8) is 0 Å². The molecule has 4 heterocycles. The number of hydrogen-bond acceptors (Lipinski definition) is 8. The molecule has 10 heteroatoms. The van der Waals surface area contributed by atoms with Gasteiger partial charge in [-0.25, -0.2) is 19.3 Å². The Kier molecular flexibility index (Phi) is 6.37. The van der Waals surface area contributed by atoms with Crippen LogP contribution in [0.4, 0.5) is 21.0 Å². The number of aromatic nitrogens is 3. The van der Waals surface area contributed by atoms with E-state index in [1.807, 2.05) is 16.4 Å². The van der Waals surface area contributed by atoms with E-state index in [1.54, 1.807) is 30.6 Å². The second-order valence-corrected chi connectivity index (χ2v) is 7.98. The maximum Gasteiger partial charge on any atom is 0.269 e. The van der Waals surface area contributed by atoms with Crippen molar-refractivity contribution < 1.29 is 9.18 Å². The molecule has 0 radical (unpaired) electrons. The largest absolute Gasteiger partial charge is 0.365 e. The van der Waals surface area contributed by atoms with Gasteiger partial charge >= 0.3 is 0 Å². The number of hydrogen-bond donors (Lipinski definition) is 2. The predicted molar refractivity (Wildman–Crippen MR) is 121 cm³/mol. The number of rotatable bonds is 6. The summed E-state index contributed by atoms with van der Waals surface area (Å²) in [5.41, 5.74) is 2.77. The van der Waals surface area contributed by atoms with Crippen molar-refractivity contribution in [1.29, 1.82) is 5.26 Å². The first-order valence-electron chi connectivity index (χ1n) is 9.95. The maximum atomic E-state index is 14.9. The molecule has 0 atom stereocenters. The number of pyridine rings is 2. The molecule has 162 valence electrons. The molecule has 0 spiro atoms. The van der Waals surface area contributed by atoms with E-state index >= 15 is 0 Å².